The minimum Gasteiger partial charge on any atom is -0.481 e. The third-order valence-corrected chi connectivity index (χ3v) is 6.06. The summed E-state index contributed by atoms with van der Waals surface area (Å²) in [5.74, 6) is -0.399. The molecule has 0 radical (unpaired) electrons. The van der Waals surface area contributed by atoms with E-state index in [4.69, 9.17) is 5.11 Å². The monoisotopic (exact) mass is 441 g/mol. The van der Waals surface area contributed by atoms with Crippen molar-refractivity contribution in [1.82, 2.24) is 0 Å². The van der Waals surface area contributed by atoms with Crippen molar-refractivity contribution in [3.8, 4) is 0 Å². The van der Waals surface area contributed by atoms with Gasteiger partial charge in [0.15, 0.2) is 0 Å². The Kier molecular flexibility index (Phi) is 11.2. The van der Waals surface area contributed by atoms with Crippen LogP contribution in [0.4, 0.5) is 5.69 Å². The number of carbonyl (C=O) groups is 2. The van der Waals surface area contributed by atoms with Gasteiger partial charge < -0.3 is 10.4 Å². The number of aliphatic carboxylic acids is 1. The van der Waals surface area contributed by atoms with E-state index in [-0.39, 0.29) is 24.2 Å². The topological polar surface area (TPSA) is 66.4 Å². The third-order valence-electron chi connectivity index (χ3n) is 5.67. The Hall–Kier alpha value is -2.27. The molecular weight excluding hydrogens is 406 g/mol. The molecule has 2 N–H and O–H groups in total. The van der Waals surface area contributed by atoms with E-state index in [0.717, 1.165) is 24.1 Å². The molecule has 2 aromatic carbocycles. The molecule has 0 heterocycles. The van der Waals surface area contributed by atoms with E-state index in [9.17, 15) is 9.59 Å². The predicted octanol–water partition coefficient (Wildman–Crippen LogP) is 6.33. The summed E-state index contributed by atoms with van der Waals surface area (Å²) in [7, 11) is 0. The summed E-state index contributed by atoms with van der Waals surface area (Å²) in [5.41, 5.74) is 2.97. The average molecular weight is 442 g/mol. The highest BCUT2D eigenvalue weighted by atomic mass is 32.1. The van der Waals surface area contributed by atoms with Gasteiger partial charge in [-0.15, -0.1) is 0 Å². The van der Waals surface area contributed by atoms with E-state index in [1.807, 2.05) is 42.5 Å². The first-order valence-corrected chi connectivity index (χ1v) is 12.0. The van der Waals surface area contributed by atoms with Crippen molar-refractivity contribution in [2.24, 2.45) is 5.92 Å². The molecule has 0 spiro atoms. The average Bonchev–Trinajstić information content (AvgIpc) is 2.76. The zero-order chi connectivity index (χ0) is 22.5. The van der Waals surface area contributed by atoms with Gasteiger partial charge in [0.05, 0.1) is 5.92 Å². The van der Waals surface area contributed by atoms with Crippen LogP contribution in [0, 0.1) is 5.92 Å². The maximum absolute atomic E-state index is 13.2. The molecule has 2 atom stereocenters. The number of carboxylic acids is 1. The maximum Gasteiger partial charge on any atom is 0.303 e. The summed E-state index contributed by atoms with van der Waals surface area (Å²) in [4.78, 5) is 24.0. The van der Waals surface area contributed by atoms with Crippen LogP contribution in [0.15, 0.2) is 54.6 Å². The molecule has 2 rings (SSSR count). The lowest BCUT2D eigenvalue weighted by Crippen LogP contribution is -2.30. The van der Waals surface area contributed by atoms with Crippen molar-refractivity contribution in [3.05, 3.63) is 65.7 Å². The number of hydrogen-bond acceptors (Lipinski definition) is 3. The second kappa shape index (κ2) is 13.9. The summed E-state index contributed by atoms with van der Waals surface area (Å²) in [6, 6.07) is 18.0. The number of amides is 1. The van der Waals surface area contributed by atoms with Crippen LogP contribution in [0.5, 0.6) is 0 Å². The number of carboxylic acid groups (broad SMARTS) is 1. The lowest BCUT2D eigenvalue weighted by molar-refractivity contribution is -0.137. The van der Waals surface area contributed by atoms with Crippen molar-refractivity contribution in [3.63, 3.8) is 0 Å². The molecule has 2 aromatic rings. The molecule has 0 aliphatic rings. The molecule has 31 heavy (non-hydrogen) atoms. The molecule has 4 nitrogen and oxygen atoms in total. The van der Waals surface area contributed by atoms with Gasteiger partial charge in [-0.1, -0.05) is 75.1 Å². The van der Waals surface area contributed by atoms with Crippen molar-refractivity contribution < 1.29 is 14.7 Å². The van der Waals surface area contributed by atoms with Gasteiger partial charge in [-0.25, -0.2) is 0 Å². The smallest absolute Gasteiger partial charge is 0.303 e. The van der Waals surface area contributed by atoms with Gasteiger partial charge in [-0.3, -0.25) is 9.59 Å². The van der Waals surface area contributed by atoms with Crippen molar-refractivity contribution in [1.29, 1.82) is 0 Å². The van der Waals surface area contributed by atoms with Gasteiger partial charge in [-0.2, -0.15) is 12.6 Å². The molecule has 1 amide bonds. The molecule has 0 aliphatic heterocycles. The Morgan fingerprint density at radius 2 is 1.77 bits per heavy atom. The number of aryl methyl sites for hydroxylation is 1. The van der Waals surface area contributed by atoms with Crippen molar-refractivity contribution >= 4 is 30.2 Å². The molecule has 0 saturated carbocycles. The van der Waals surface area contributed by atoms with Crippen LogP contribution in [0.2, 0.25) is 0 Å². The van der Waals surface area contributed by atoms with Crippen LogP contribution < -0.4 is 5.32 Å². The number of thiol groups is 1. The number of hydrogen-bond donors (Lipinski definition) is 3. The highest BCUT2D eigenvalue weighted by molar-refractivity contribution is 7.80. The van der Waals surface area contributed by atoms with Crippen LogP contribution in [-0.2, 0) is 16.0 Å². The largest absolute Gasteiger partial charge is 0.481 e. The molecule has 0 aromatic heterocycles. The Balaban J connectivity index is 2.09. The number of rotatable bonds is 14. The van der Waals surface area contributed by atoms with E-state index in [1.54, 1.807) is 0 Å². The van der Waals surface area contributed by atoms with E-state index in [1.165, 1.54) is 24.8 Å². The third kappa shape index (κ3) is 8.78. The Morgan fingerprint density at radius 3 is 2.45 bits per heavy atom. The van der Waals surface area contributed by atoms with Crippen LogP contribution in [0.25, 0.3) is 0 Å². The Morgan fingerprint density at radius 1 is 1.00 bits per heavy atom. The highest BCUT2D eigenvalue weighted by Crippen LogP contribution is 2.32. The van der Waals surface area contributed by atoms with Crippen LogP contribution >= 0.6 is 12.6 Å². The summed E-state index contributed by atoms with van der Waals surface area (Å²) >= 11 is 4.54. The van der Waals surface area contributed by atoms with Gasteiger partial charge in [0.25, 0.3) is 0 Å². The minimum atomic E-state index is -0.785. The SMILES string of the molecule is CCCCCCC(c1ccccc1)[C@H](CS)C(=O)Nc1cccc(CCCC(=O)O)c1. The van der Waals surface area contributed by atoms with Gasteiger partial charge in [0, 0.05) is 17.9 Å². The quantitative estimate of drug-likeness (QED) is 0.237. The molecule has 0 bridgehead atoms. The fraction of sp³-hybridized carbons (Fsp3) is 0.462. The zero-order valence-electron chi connectivity index (χ0n) is 18.4. The standard InChI is InChI=1S/C26H35NO3S/c1-2-3-4-8-16-23(21-13-6-5-7-14-21)24(19-31)26(30)27-22-15-9-11-20(18-22)12-10-17-25(28)29/h5-7,9,11,13-15,18,23-24,31H,2-4,8,10,12,16-17,19H2,1H3,(H,27,30)(H,28,29)/t23?,24-/m0/s1. The van der Waals surface area contributed by atoms with E-state index < -0.39 is 5.97 Å². The molecule has 0 fully saturated rings. The number of unbranched alkanes of at least 4 members (excludes halogenated alkanes) is 3. The van der Waals surface area contributed by atoms with Gasteiger partial charge in [0.2, 0.25) is 5.91 Å². The number of anilines is 1. The van der Waals surface area contributed by atoms with Crippen molar-refractivity contribution in [2.75, 3.05) is 11.1 Å². The molecule has 1 unspecified atom stereocenters. The van der Waals surface area contributed by atoms with Gasteiger partial charge in [0.1, 0.15) is 0 Å². The van der Waals surface area contributed by atoms with Crippen LogP contribution in [0.3, 0.4) is 0 Å². The number of carbonyl (C=O) groups excluding carboxylic acids is 1. The summed E-state index contributed by atoms with van der Waals surface area (Å²) in [5, 5.41) is 11.9. The minimum absolute atomic E-state index is 0.0120. The van der Waals surface area contributed by atoms with Crippen LogP contribution in [0.1, 0.15) is 68.9 Å². The molecular formula is C26H35NO3S. The summed E-state index contributed by atoms with van der Waals surface area (Å²) < 4.78 is 0. The van der Waals surface area contributed by atoms with Gasteiger partial charge >= 0.3 is 5.97 Å². The maximum atomic E-state index is 13.2. The Bertz CT molecular complexity index is 809. The zero-order valence-corrected chi connectivity index (χ0v) is 19.3. The van der Waals surface area contributed by atoms with Crippen LogP contribution in [-0.4, -0.2) is 22.7 Å². The molecule has 168 valence electrons. The lowest BCUT2D eigenvalue weighted by atomic mass is 9.82. The molecule has 5 heteroatoms. The molecule has 0 aliphatic carbocycles. The Labute approximate surface area is 191 Å². The fourth-order valence-corrected chi connectivity index (χ4v) is 4.39. The van der Waals surface area contributed by atoms with E-state index in [2.05, 4.69) is 37.0 Å². The predicted molar refractivity (Wildman–Crippen MR) is 131 cm³/mol. The first kappa shape index (κ1) is 25.0. The van der Waals surface area contributed by atoms with Gasteiger partial charge in [-0.05, 0) is 48.4 Å². The first-order valence-electron chi connectivity index (χ1n) is 11.3. The second-order valence-corrected chi connectivity index (χ2v) is 8.46. The summed E-state index contributed by atoms with van der Waals surface area (Å²) in [6.07, 6.45) is 7.06. The fourth-order valence-electron chi connectivity index (χ4n) is 3.97. The second-order valence-electron chi connectivity index (χ2n) is 8.09. The highest BCUT2D eigenvalue weighted by Gasteiger charge is 2.28. The number of benzene rings is 2. The van der Waals surface area contributed by atoms with Crippen molar-refractivity contribution in [2.45, 2.75) is 64.2 Å². The van der Waals surface area contributed by atoms with E-state index >= 15 is 0 Å². The number of nitrogens with one attached hydrogen (secondary N) is 1. The lowest BCUT2D eigenvalue weighted by Gasteiger charge is -2.26. The normalized spacial score (nSPS) is 12.8. The summed E-state index contributed by atoms with van der Waals surface area (Å²) in [6.45, 7) is 2.20. The van der Waals surface area contributed by atoms with E-state index in [0.29, 0.717) is 18.6 Å². The first-order chi connectivity index (χ1) is 15.0. The molecule has 0 saturated heterocycles.